The van der Waals surface area contributed by atoms with Gasteiger partial charge in [-0.15, -0.1) is 0 Å². The predicted octanol–water partition coefficient (Wildman–Crippen LogP) is 3.29. The number of halogens is 3. The third-order valence-electron chi connectivity index (χ3n) is 1.95. The zero-order valence-corrected chi connectivity index (χ0v) is 11.3. The molecule has 1 aromatic rings. The second kappa shape index (κ2) is 7.08. The number of rotatable bonds is 4. The highest BCUT2D eigenvalue weighted by molar-refractivity contribution is 9.10. The molecule has 0 aliphatic rings. The topological polar surface area (TPSA) is 92.6 Å². The van der Waals surface area contributed by atoms with E-state index in [-0.39, 0.29) is 17.1 Å². The van der Waals surface area contributed by atoms with Gasteiger partial charge in [-0.05, 0) is 12.1 Å². The quantitative estimate of drug-likeness (QED) is 0.850. The van der Waals surface area contributed by atoms with Gasteiger partial charge in [-0.3, -0.25) is 0 Å². The molecular formula is C12H5BrF2N4O. The van der Waals surface area contributed by atoms with Gasteiger partial charge < -0.3 is 10.1 Å². The highest BCUT2D eigenvalue weighted by Crippen LogP contribution is 2.27. The van der Waals surface area contributed by atoms with Gasteiger partial charge in [0.05, 0.1) is 0 Å². The number of ether oxygens (including phenoxy) is 1. The van der Waals surface area contributed by atoms with E-state index in [2.05, 4.69) is 26.0 Å². The van der Waals surface area contributed by atoms with Crippen LogP contribution in [0.5, 0.6) is 5.75 Å². The van der Waals surface area contributed by atoms with Crippen molar-refractivity contribution in [3.63, 3.8) is 0 Å². The highest BCUT2D eigenvalue weighted by atomic mass is 79.9. The Morgan fingerprint density at radius 1 is 1.15 bits per heavy atom. The Balaban J connectivity index is 3.14. The lowest BCUT2D eigenvalue weighted by atomic mass is 10.2. The van der Waals surface area contributed by atoms with Crippen LogP contribution in [-0.4, -0.2) is 6.61 Å². The number of nitrogens with one attached hydrogen (secondary N) is 1. The van der Waals surface area contributed by atoms with Gasteiger partial charge in [0.1, 0.15) is 29.7 Å². The molecule has 100 valence electrons. The average Bonchev–Trinajstić information content (AvgIpc) is 2.37. The maximum absolute atomic E-state index is 12.1. The summed E-state index contributed by atoms with van der Waals surface area (Å²) in [6, 6.07) is 8.75. The monoisotopic (exact) mass is 338 g/mol. The Labute approximate surface area is 121 Å². The molecule has 0 aliphatic carbocycles. The van der Waals surface area contributed by atoms with Crippen LogP contribution in [0.15, 0.2) is 33.9 Å². The fraction of sp³-hybridized carbons (Fsp3) is 0.0833. The molecule has 0 bridgehead atoms. The van der Waals surface area contributed by atoms with E-state index in [4.69, 9.17) is 15.8 Å². The summed E-state index contributed by atoms with van der Waals surface area (Å²) in [5.74, 6) is -0.135. The summed E-state index contributed by atoms with van der Waals surface area (Å²) in [5.41, 5.74) is -0.477. The first-order valence-electron chi connectivity index (χ1n) is 4.97. The summed E-state index contributed by atoms with van der Waals surface area (Å²) in [4.78, 5) is 0. The molecular weight excluding hydrogens is 334 g/mol. The number of nitriles is 3. The number of alkyl halides is 2. The van der Waals surface area contributed by atoms with Crippen LogP contribution in [-0.2, 0) is 0 Å². The second-order valence-electron chi connectivity index (χ2n) is 3.26. The fourth-order valence-corrected chi connectivity index (χ4v) is 1.71. The van der Waals surface area contributed by atoms with Crippen molar-refractivity contribution in [2.75, 3.05) is 5.32 Å². The van der Waals surface area contributed by atoms with Crippen molar-refractivity contribution in [1.82, 2.24) is 0 Å². The minimum atomic E-state index is -2.99. The number of allylic oxidation sites excluding steroid dienone is 2. The molecule has 1 N–H and O–H groups in total. The van der Waals surface area contributed by atoms with E-state index >= 15 is 0 Å². The van der Waals surface area contributed by atoms with E-state index in [0.717, 1.165) is 0 Å². The minimum absolute atomic E-state index is 0.135. The second-order valence-corrected chi connectivity index (χ2v) is 4.18. The molecule has 0 heterocycles. The molecule has 0 aromatic heterocycles. The van der Waals surface area contributed by atoms with E-state index in [1.165, 1.54) is 18.2 Å². The zero-order chi connectivity index (χ0) is 15.1. The molecule has 0 amide bonds. The normalized spacial score (nSPS) is 9.05. The third-order valence-corrected chi connectivity index (χ3v) is 2.41. The van der Waals surface area contributed by atoms with Crippen molar-refractivity contribution in [3.8, 4) is 24.0 Å². The van der Waals surface area contributed by atoms with Crippen LogP contribution >= 0.6 is 15.9 Å². The largest absolute Gasteiger partial charge is 0.435 e. The van der Waals surface area contributed by atoms with Crippen molar-refractivity contribution >= 4 is 21.6 Å². The van der Waals surface area contributed by atoms with Crippen LogP contribution in [0.3, 0.4) is 0 Å². The number of benzene rings is 1. The number of hydrogen-bond donors (Lipinski definition) is 1. The molecule has 8 heteroatoms. The Morgan fingerprint density at radius 2 is 1.80 bits per heavy atom. The highest BCUT2D eigenvalue weighted by Gasteiger charge is 2.10. The summed E-state index contributed by atoms with van der Waals surface area (Å²) in [6.07, 6.45) is 0. The Kier molecular flexibility index (Phi) is 5.46. The first-order valence-corrected chi connectivity index (χ1v) is 5.76. The molecule has 0 atom stereocenters. The van der Waals surface area contributed by atoms with Crippen LogP contribution in [0.2, 0.25) is 0 Å². The van der Waals surface area contributed by atoms with Crippen LogP contribution in [0, 0.1) is 34.0 Å². The van der Waals surface area contributed by atoms with E-state index in [1.54, 1.807) is 18.2 Å². The third kappa shape index (κ3) is 4.24. The molecule has 1 rings (SSSR count). The molecule has 1 aromatic carbocycles. The molecule has 5 nitrogen and oxygen atoms in total. The molecule has 0 saturated carbocycles. The van der Waals surface area contributed by atoms with Gasteiger partial charge in [0.2, 0.25) is 0 Å². The van der Waals surface area contributed by atoms with Crippen molar-refractivity contribution in [2.24, 2.45) is 0 Å². The standard InChI is InChI=1S/C12H5BrF2N4O/c13-8-1-9(3-10(2-8)20-12(14)15)19-11(6-18)7(4-16)5-17/h1-3,12,19H. The molecule has 0 unspecified atom stereocenters. The maximum atomic E-state index is 12.1. The van der Waals surface area contributed by atoms with Gasteiger partial charge >= 0.3 is 6.61 Å². The van der Waals surface area contributed by atoms with Gasteiger partial charge in [0.15, 0.2) is 5.57 Å². The summed E-state index contributed by atoms with van der Waals surface area (Å²) in [7, 11) is 0. The minimum Gasteiger partial charge on any atom is -0.435 e. The first kappa shape index (κ1) is 15.4. The summed E-state index contributed by atoms with van der Waals surface area (Å²) in [5, 5.41) is 28.7. The first-order chi connectivity index (χ1) is 9.49. The Bertz CT molecular complexity index is 652. The summed E-state index contributed by atoms with van der Waals surface area (Å²) < 4.78 is 28.9. The van der Waals surface area contributed by atoms with Gasteiger partial charge in [-0.2, -0.15) is 24.6 Å². The SMILES string of the molecule is N#CC(C#N)=C(C#N)Nc1cc(Br)cc(OC(F)F)c1. The smallest absolute Gasteiger partial charge is 0.387 e. The van der Waals surface area contributed by atoms with E-state index < -0.39 is 12.2 Å². The lowest BCUT2D eigenvalue weighted by molar-refractivity contribution is -0.0498. The number of hydrogen-bond acceptors (Lipinski definition) is 5. The Hall–Kier alpha value is -2.63. The molecule has 0 saturated heterocycles. The molecule has 0 aliphatic heterocycles. The van der Waals surface area contributed by atoms with Crippen molar-refractivity contribution in [2.45, 2.75) is 6.61 Å². The van der Waals surface area contributed by atoms with Crippen LogP contribution < -0.4 is 10.1 Å². The van der Waals surface area contributed by atoms with Gasteiger partial charge in [-0.1, -0.05) is 15.9 Å². The van der Waals surface area contributed by atoms with Crippen molar-refractivity contribution in [3.05, 3.63) is 33.9 Å². The summed E-state index contributed by atoms with van der Waals surface area (Å²) >= 11 is 3.09. The summed E-state index contributed by atoms with van der Waals surface area (Å²) in [6.45, 7) is -2.99. The van der Waals surface area contributed by atoms with Crippen LogP contribution in [0.1, 0.15) is 0 Å². The van der Waals surface area contributed by atoms with Crippen LogP contribution in [0.4, 0.5) is 14.5 Å². The zero-order valence-electron chi connectivity index (χ0n) is 9.69. The lowest BCUT2D eigenvalue weighted by Gasteiger charge is -2.09. The van der Waals surface area contributed by atoms with Crippen molar-refractivity contribution in [1.29, 1.82) is 15.8 Å². The van der Waals surface area contributed by atoms with Gasteiger partial charge in [0.25, 0.3) is 0 Å². The molecule has 0 radical (unpaired) electrons. The Morgan fingerprint density at radius 3 is 2.30 bits per heavy atom. The van der Waals surface area contributed by atoms with Gasteiger partial charge in [0, 0.05) is 16.2 Å². The van der Waals surface area contributed by atoms with Crippen LogP contribution in [0.25, 0.3) is 0 Å². The maximum Gasteiger partial charge on any atom is 0.387 e. The molecule has 0 fully saturated rings. The van der Waals surface area contributed by atoms with Crippen molar-refractivity contribution < 1.29 is 13.5 Å². The number of anilines is 1. The predicted molar refractivity (Wildman–Crippen MR) is 68.3 cm³/mol. The van der Waals surface area contributed by atoms with E-state index in [0.29, 0.717) is 4.47 Å². The lowest BCUT2D eigenvalue weighted by Crippen LogP contribution is -2.04. The molecule has 20 heavy (non-hydrogen) atoms. The van der Waals surface area contributed by atoms with E-state index in [1.807, 2.05) is 0 Å². The fourth-order valence-electron chi connectivity index (χ4n) is 1.23. The molecule has 0 spiro atoms. The number of nitrogens with zero attached hydrogens (tertiary/aromatic N) is 3. The van der Waals surface area contributed by atoms with Gasteiger partial charge in [-0.25, -0.2) is 0 Å². The van der Waals surface area contributed by atoms with E-state index in [9.17, 15) is 8.78 Å². The average molecular weight is 339 g/mol.